The van der Waals surface area contributed by atoms with Gasteiger partial charge in [-0.15, -0.1) is 0 Å². The summed E-state index contributed by atoms with van der Waals surface area (Å²) in [7, 11) is 0. The summed E-state index contributed by atoms with van der Waals surface area (Å²) in [5, 5.41) is 57.1. The second-order valence-corrected chi connectivity index (χ2v) is 23.2. The fourth-order valence-electron chi connectivity index (χ4n) is 10.2. The van der Waals surface area contributed by atoms with Gasteiger partial charge in [-0.25, -0.2) is 0 Å². The van der Waals surface area contributed by atoms with Crippen molar-refractivity contribution in [2.75, 3.05) is 13.2 Å². The molecule has 0 aromatic rings. The van der Waals surface area contributed by atoms with Gasteiger partial charge in [-0.05, 0) is 77.0 Å². The Labute approximate surface area is 502 Å². The van der Waals surface area contributed by atoms with Crippen LogP contribution >= 0.6 is 0 Å². The summed E-state index contributed by atoms with van der Waals surface area (Å²) in [4.78, 5) is 26.6. The third kappa shape index (κ3) is 45.2. The minimum absolute atomic E-state index is 0.104. The molecule has 0 aliphatic carbocycles. The number of carbonyl (C=O) groups is 2. The summed E-state index contributed by atoms with van der Waals surface area (Å²) in [5.74, 6) is -1.21. The predicted octanol–water partition coefficient (Wildman–Crippen LogP) is 16.9. The Bertz CT molecular complexity index is 1660. The number of aliphatic hydroxyl groups excluding tert-OH is 5. The van der Waals surface area contributed by atoms with E-state index >= 15 is 0 Å². The fraction of sp³-hybridized carbons (Fsp3) is 0.775. The summed E-state index contributed by atoms with van der Waals surface area (Å²) >= 11 is 0. The van der Waals surface area contributed by atoms with E-state index in [4.69, 9.17) is 14.2 Å². The number of esters is 1. The summed E-state index contributed by atoms with van der Waals surface area (Å²) in [6.07, 6.45) is 66.1. The van der Waals surface area contributed by atoms with E-state index in [0.29, 0.717) is 19.3 Å². The highest BCUT2D eigenvalue weighted by Gasteiger charge is 2.47. The van der Waals surface area contributed by atoms with Crippen molar-refractivity contribution in [3.63, 3.8) is 0 Å². The van der Waals surface area contributed by atoms with Gasteiger partial charge in [0.25, 0.3) is 0 Å². The maximum absolute atomic E-state index is 13.4. The van der Waals surface area contributed by atoms with E-state index < -0.39 is 67.4 Å². The molecular weight excluding hydrogens is 1030 g/mol. The molecule has 6 N–H and O–H groups in total. The van der Waals surface area contributed by atoms with Gasteiger partial charge in [-0.3, -0.25) is 9.59 Å². The van der Waals surface area contributed by atoms with Gasteiger partial charge in [0.1, 0.15) is 24.4 Å². The maximum atomic E-state index is 13.4. The van der Waals surface area contributed by atoms with Gasteiger partial charge in [-0.2, -0.15) is 0 Å². The molecule has 8 atom stereocenters. The number of nitrogens with one attached hydrogen (secondary N) is 1. The Morgan fingerprint density at radius 2 is 0.878 bits per heavy atom. The van der Waals surface area contributed by atoms with Crippen LogP contribution in [0.5, 0.6) is 0 Å². The van der Waals surface area contributed by atoms with Crippen LogP contribution in [-0.4, -0.2) is 99.6 Å². The molecule has 1 aliphatic heterocycles. The normalized spacial score (nSPS) is 19.1. The topological polar surface area (TPSA) is 175 Å². The molecule has 474 valence electrons. The van der Waals surface area contributed by atoms with E-state index in [1.165, 1.54) is 128 Å². The summed E-state index contributed by atoms with van der Waals surface area (Å²) < 4.78 is 17.7. The van der Waals surface area contributed by atoms with Gasteiger partial charge >= 0.3 is 5.97 Å². The van der Waals surface area contributed by atoms with Crippen molar-refractivity contribution in [2.24, 2.45) is 0 Å². The summed E-state index contributed by atoms with van der Waals surface area (Å²) in [5.41, 5.74) is 0. The Kier molecular flexibility index (Phi) is 54.6. The van der Waals surface area contributed by atoms with E-state index in [-0.39, 0.29) is 13.0 Å². The van der Waals surface area contributed by atoms with Crippen LogP contribution in [0, 0.1) is 0 Å². The highest BCUT2D eigenvalue weighted by Crippen LogP contribution is 2.26. The molecule has 8 unspecified atom stereocenters. The smallest absolute Gasteiger partial charge is 0.306 e. The molecule has 1 fully saturated rings. The van der Waals surface area contributed by atoms with E-state index in [1.807, 2.05) is 6.08 Å². The van der Waals surface area contributed by atoms with Crippen molar-refractivity contribution in [3.05, 3.63) is 85.1 Å². The molecule has 0 spiro atoms. The van der Waals surface area contributed by atoms with Gasteiger partial charge in [0.2, 0.25) is 5.91 Å². The van der Waals surface area contributed by atoms with Crippen LogP contribution in [0.15, 0.2) is 85.1 Å². The average Bonchev–Trinajstić information content (AvgIpc) is 3.56. The molecule has 0 radical (unpaired) electrons. The van der Waals surface area contributed by atoms with Crippen molar-refractivity contribution in [1.29, 1.82) is 0 Å². The maximum Gasteiger partial charge on any atom is 0.306 e. The number of aliphatic hydroxyl groups is 5. The molecule has 11 heteroatoms. The molecule has 1 aliphatic rings. The van der Waals surface area contributed by atoms with Crippen molar-refractivity contribution >= 4 is 11.9 Å². The van der Waals surface area contributed by atoms with Crippen LogP contribution in [0.3, 0.4) is 0 Å². The Balaban J connectivity index is 2.61. The Morgan fingerprint density at radius 3 is 1.32 bits per heavy atom. The molecule has 0 saturated carbocycles. The third-order valence-corrected chi connectivity index (χ3v) is 15.6. The molecule has 1 saturated heterocycles. The van der Waals surface area contributed by atoms with Gasteiger partial charge < -0.3 is 45.1 Å². The zero-order valence-corrected chi connectivity index (χ0v) is 52.6. The quantitative estimate of drug-likeness (QED) is 0.0195. The standard InChI is InChI=1S/C71H125NO10/c1-4-7-10-13-16-19-22-25-27-29-30-31-32-33-34-35-36-37-39-41-44-47-50-53-56-59-66(76)82-69-68(78)67(77)65(60-73)81-71(69)80-61-62(63(74)57-54-51-48-45-42-24-21-18-15-12-9-6-3)72-70(79)64(75)58-55-52-49-46-43-40-38-28-26-23-20-17-14-11-8-5-2/h7,10,16,19,25,27,30-31,33-34,36-37,54,57,62-65,67-69,71,73-75,77-78H,4-6,8-9,11-15,17-18,20-24,26,28-29,32,35,38-53,55-56,58-61H2,1-3H3,(H,72,79)/b10-7-,19-16-,27-25-,31-30-,34-33-,37-36-,57-54+. The molecule has 1 amide bonds. The van der Waals surface area contributed by atoms with Crippen LogP contribution in [0.1, 0.15) is 290 Å². The zero-order valence-electron chi connectivity index (χ0n) is 52.6. The first-order valence-electron chi connectivity index (χ1n) is 33.9. The van der Waals surface area contributed by atoms with E-state index in [0.717, 1.165) is 116 Å². The van der Waals surface area contributed by atoms with Crippen molar-refractivity contribution in [2.45, 2.75) is 339 Å². The highest BCUT2D eigenvalue weighted by atomic mass is 16.7. The minimum Gasteiger partial charge on any atom is -0.454 e. The first-order chi connectivity index (χ1) is 40.2. The molecule has 1 rings (SSSR count). The molecule has 11 nitrogen and oxygen atoms in total. The molecule has 82 heavy (non-hydrogen) atoms. The summed E-state index contributed by atoms with van der Waals surface area (Å²) in [6, 6.07) is -1.03. The Hall–Kier alpha value is -3.16. The Morgan fingerprint density at radius 1 is 0.488 bits per heavy atom. The number of allylic oxidation sites excluding steroid dienone is 13. The van der Waals surface area contributed by atoms with Crippen LogP contribution in [0.2, 0.25) is 0 Å². The van der Waals surface area contributed by atoms with Crippen LogP contribution < -0.4 is 5.32 Å². The first-order valence-corrected chi connectivity index (χ1v) is 33.9. The minimum atomic E-state index is -1.62. The monoisotopic (exact) mass is 1150 g/mol. The van der Waals surface area contributed by atoms with Gasteiger partial charge in [0, 0.05) is 6.42 Å². The van der Waals surface area contributed by atoms with Crippen molar-refractivity contribution < 1.29 is 49.3 Å². The number of unbranched alkanes of at least 4 members (excludes halogenated alkanes) is 31. The molecule has 1 heterocycles. The lowest BCUT2D eigenvalue weighted by Gasteiger charge is -2.41. The van der Waals surface area contributed by atoms with Gasteiger partial charge in [0.05, 0.1) is 25.4 Å². The van der Waals surface area contributed by atoms with Gasteiger partial charge in [-0.1, -0.05) is 292 Å². The SMILES string of the molecule is CC/C=C\C/C=C\C/C=C\C/C=C\C/C=C\C/C=C\CCCCCCCCC(=O)OC1C(OCC(NC(=O)C(O)CCCCCCCCCCCCCCCCCC)C(O)/C=C/CCCCCCCCCCCC)OC(CO)C(O)C1O. The van der Waals surface area contributed by atoms with E-state index in [2.05, 4.69) is 99.0 Å². The van der Waals surface area contributed by atoms with Crippen molar-refractivity contribution in [1.82, 2.24) is 5.32 Å². The second-order valence-electron chi connectivity index (χ2n) is 23.2. The predicted molar refractivity (Wildman–Crippen MR) is 342 cm³/mol. The lowest BCUT2D eigenvalue weighted by atomic mass is 9.99. The number of amides is 1. The number of rotatable bonds is 57. The van der Waals surface area contributed by atoms with Gasteiger partial charge in [0.15, 0.2) is 12.4 Å². The lowest BCUT2D eigenvalue weighted by molar-refractivity contribution is -0.305. The molecule has 0 aromatic heterocycles. The number of hydrogen-bond donors (Lipinski definition) is 6. The fourth-order valence-corrected chi connectivity index (χ4v) is 10.2. The molecule has 0 aromatic carbocycles. The van der Waals surface area contributed by atoms with Crippen LogP contribution in [0.25, 0.3) is 0 Å². The molecular formula is C71H125NO10. The zero-order chi connectivity index (χ0) is 59.6. The lowest BCUT2D eigenvalue weighted by Crippen LogP contribution is -2.61. The molecule has 0 bridgehead atoms. The second kappa shape index (κ2) is 58.2. The van der Waals surface area contributed by atoms with Crippen LogP contribution in [-0.2, 0) is 23.8 Å². The largest absolute Gasteiger partial charge is 0.454 e. The van der Waals surface area contributed by atoms with Crippen LogP contribution in [0.4, 0.5) is 0 Å². The average molecular weight is 1150 g/mol. The van der Waals surface area contributed by atoms with E-state index in [9.17, 15) is 35.1 Å². The summed E-state index contributed by atoms with van der Waals surface area (Å²) in [6.45, 7) is 5.69. The number of hydrogen-bond acceptors (Lipinski definition) is 10. The first kappa shape index (κ1) is 76.9. The number of ether oxygens (including phenoxy) is 3. The van der Waals surface area contributed by atoms with E-state index in [1.54, 1.807) is 6.08 Å². The highest BCUT2D eigenvalue weighted by molar-refractivity contribution is 5.80. The van der Waals surface area contributed by atoms with Crippen molar-refractivity contribution in [3.8, 4) is 0 Å². The number of carbonyl (C=O) groups excluding carboxylic acids is 2. The third-order valence-electron chi connectivity index (χ3n) is 15.6.